The summed E-state index contributed by atoms with van der Waals surface area (Å²) < 4.78 is 16.9. The van der Waals surface area contributed by atoms with Crippen molar-refractivity contribution in [3.8, 4) is 0 Å². The molecular formula is C74H132O6. The van der Waals surface area contributed by atoms with Crippen LogP contribution in [-0.4, -0.2) is 37.2 Å². The first kappa shape index (κ1) is 76.9. The van der Waals surface area contributed by atoms with Crippen molar-refractivity contribution in [2.24, 2.45) is 0 Å². The topological polar surface area (TPSA) is 78.9 Å². The fourth-order valence-corrected chi connectivity index (χ4v) is 10.2. The zero-order valence-corrected chi connectivity index (χ0v) is 53.3. The lowest BCUT2D eigenvalue weighted by atomic mass is 10.0. The van der Waals surface area contributed by atoms with E-state index in [0.29, 0.717) is 19.3 Å². The average molecular weight is 1120 g/mol. The lowest BCUT2D eigenvalue weighted by molar-refractivity contribution is -0.167. The summed E-state index contributed by atoms with van der Waals surface area (Å²) >= 11 is 0. The first-order valence-corrected chi connectivity index (χ1v) is 34.9. The Balaban J connectivity index is 3.99. The molecule has 6 heteroatoms. The summed E-state index contributed by atoms with van der Waals surface area (Å²) in [5.74, 6) is -0.865. The quantitative estimate of drug-likeness (QED) is 0.0261. The molecule has 0 amide bonds. The molecule has 0 aromatic rings. The first-order valence-electron chi connectivity index (χ1n) is 34.9. The van der Waals surface area contributed by atoms with Crippen LogP contribution in [0.1, 0.15) is 361 Å². The molecule has 6 nitrogen and oxygen atoms in total. The van der Waals surface area contributed by atoms with E-state index in [1.165, 1.54) is 231 Å². The van der Waals surface area contributed by atoms with Crippen molar-refractivity contribution in [1.82, 2.24) is 0 Å². The molecular weight excluding hydrogens is 985 g/mol. The Morgan fingerprint density at radius 1 is 0.263 bits per heavy atom. The van der Waals surface area contributed by atoms with Gasteiger partial charge in [-0.1, -0.05) is 325 Å². The molecule has 80 heavy (non-hydrogen) atoms. The molecule has 0 saturated carbocycles. The SMILES string of the molecule is CC/C=C\C/C=C\C/C=C\C/C=C\CCCCCCCCCCCCCCC(=O)OC(COC(=O)CCCCCCCC)COC(=O)CCCCCCCCCCCCCCCCCCCCC/C=C\C/C=C\CCCCCCC. The summed E-state index contributed by atoms with van der Waals surface area (Å²) in [7, 11) is 0. The van der Waals surface area contributed by atoms with Gasteiger partial charge in [-0.25, -0.2) is 0 Å². The van der Waals surface area contributed by atoms with Crippen LogP contribution in [0.2, 0.25) is 0 Å². The molecule has 0 fully saturated rings. The maximum Gasteiger partial charge on any atom is 0.306 e. The predicted octanol–water partition coefficient (Wildman–Crippen LogP) is 24.1. The van der Waals surface area contributed by atoms with Crippen molar-refractivity contribution in [2.45, 2.75) is 367 Å². The molecule has 0 spiro atoms. The Morgan fingerprint density at radius 3 is 0.762 bits per heavy atom. The van der Waals surface area contributed by atoms with Gasteiger partial charge >= 0.3 is 17.9 Å². The van der Waals surface area contributed by atoms with Crippen LogP contribution in [0.3, 0.4) is 0 Å². The van der Waals surface area contributed by atoms with E-state index in [9.17, 15) is 14.4 Å². The van der Waals surface area contributed by atoms with Crippen molar-refractivity contribution in [1.29, 1.82) is 0 Å². The molecule has 1 unspecified atom stereocenters. The van der Waals surface area contributed by atoms with Gasteiger partial charge in [0, 0.05) is 19.3 Å². The number of carbonyl (C=O) groups is 3. The van der Waals surface area contributed by atoms with E-state index in [0.717, 1.165) is 89.9 Å². The minimum atomic E-state index is -0.772. The number of hydrogen-bond donors (Lipinski definition) is 0. The van der Waals surface area contributed by atoms with Gasteiger partial charge in [0.1, 0.15) is 13.2 Å². The summed E-state index contributed by atoms with van der Waals surface area (Å²) in [4.78, 5) is 38.1. The van der Waals surface area contributed by atoms with E-state index in [-0.39, 0.29) is 31.1 Å². The van der Waals surface area contributed by atoms with Gasteiger partial charge in [0.05, 0.1) is 0 Å². The van der Waals surface area contributed by atoms with Crippen molar-refractivity contribution < 1.29 is 28.6 Å². The molecule has 0 heterocycles. The summed E-state index contributed by atoms with van der Waals surface area (Å²) in [5, 5.41) is 0. The Morgan fingerprint density at radius 2 is 0.487 bits per heavy atom. The van der Waals surface area contributed by atoms with E-state index in [1.807, 2.05) is 0 Å². The molecule has 0 saturated heterocycles. The second kappa shape index (κ2) is 68.3. The molecule has 0 aliphatic heterocycles. The van der Waals surface area contributed by atoms with Gasteiger partial charge in [-0.2, -0.15) is 0 Å². The molecule has 0 aromatic carbocycles. The molecule has 0 aromatic heterocycles. The van der Waals surface area contributed by atoms with Crippen molar-refractivity contribution in [2.75, 3.05) is 13.2 Å². The number of rotatable bonds is 64. The molecule has 0 rings (SSSR count). The van der Waals surface area contributed by atoms with E-state index in [2.05, 4.69) is 93.7 Å². The third kappa shape index (κ3) is 65.7. The smallest absolute Gasteiger partial charge is 0.306 e. The Labute approximate surface area is 497 Å². The minimum absolute atomic E-state index is 0.0717. The van der Waals surface area contributed by atoms with Crippen molar-refractivity contribution in [3.05, 3.63) is 72.9 Å². The van der Waals surface area contributed by atoms with E-state index in [1.54, 1.807) is 0 Å². The number of unbranched alkanes of at least 4 members (excludes halogenated alkanes) is 41. The van der Waals surface area contributed by atoms with Crippen LogP contribution in [-0.2, 0) is 28.6 Å². The van der Waals surface area contributed by atoms with E-state index < -0.39 is 6.10 Å². The summed E-state index contributed by atoms with van der Waals surface area (Å²) in [6, 6.07) is 0. The fraction of sp³-hybridized carbons (Fsp3) is 0.797. The van der Waals surface area contributed by atoms with E-state index in [4.69, 9.17) is 14.2 Å². The van der Waals surface area contributed by atoms with Gasteiger partial charge in [0.2, 0.25) is 0 Å². The molecule has 1 atom stereocenters. The zero-order valence-electron chi connectivity index (χ0n) is 53.3. The number of esters is 3. The largest absolute Gasteiger partial charge is 0.462 e. The number of hydrogen-bond acceptors (Lipinski definition) is 6. The zero-order chi connectivity index (χ0) is 57.8. The molecule has 0 aliphatic carbocycles. The van der Waals surface area contributed by atoms with Gasteiger partial charge in [-0.3, -0.25) is 14.4 Å². The highest BCUT2D eigenvalue weighted by atomic mass is 16.6. The van der Waals surface area contributed by atoms with Gasteiger partial charge < -0.3 is 14.2 Å². The van der Waals surface area contributed by atoms with Gasteiger partial charge in [-0.15, -0.1) is 0 Å². The molecule has 464 valence electrons. The van der Waals surface area contributed by atoms with Crippen LogP contribution in [0.25, 0.3) is 0 Å². The highest BCUT2D eigenvalue weighted by Crippen LogP contribution is 2.18. The molecule has 0 radical (unpaired) electrons. The lowest BCUT2D eigenvalue weighted by Crippen LogP contribution is -2.30. The molecule has 0 aliphatic rings. The summed E-state index contributed by atoms with van der Waals surface area (Å²) in [5.41, 5.74) is 0. The average Bonchev–Trinajstić information content (AvgIpc) is 3.46. The maximum absolute atomic E-state index is 12.9. The monoisotopic (exact) mass is 1120 g/mol. The minimum Gasteiger partial charge on any atom is -0.462 e. The fourth-order valence-electron chi connectivity index (χ4n) is 10.2. The van der Waals surface area contributed by atoms with Crippen molar-refractivity contribution >= 4 is 17.9 Å². The number of allylic oxidation sites excluding steroid dienone is 12. The first-order chi connectivity index (χ1) is 39.5. The predicted molar refractivity (Wildman–Crippen MR) is 348 cm³/mol. The molecule has 0 bridgehead atoms. The van der Waals surface area contributed by atoms with Crippen LogP contribution in [0.5, 0.6) is 0 Å². The van der Waals surface area contributed by atoms with Gasteiger partial charge in [0.15, 0.2) is 6.10 Å². The highest BCUT2D eigenvalue weighted by Gasteiger charge is 2.19. The lowest BCUT2D eigenvalue weighted by Gasteiger charge is -2.18. The Kier molecular flexibility index (Phi) is 65.7. The van der Waals surface area contributed by atoms with E-state index >= 15 is 0 Å². The van der Waals surface area contributed by atoms with Crippen molar-refractivity contribution in [3.63, 3.8) is 0 Å². The second-order valence-electron chi connectivity index (χ2n) is 23.4. The van der Waals surface area contributed by atoms with Crippen LogP contribution >= 0.6 is 0 Å². The maximum atomic E-state index is 12.9. The standard InChI is InChI=1S/C74H132O6/c1-4-7-10-13-16-18-20-22-24-26-28-30-32-34-35-36-37-38-39-41-42-44-46-48-50-52-54-56-58-61-64-67-73(76)79-70-71(69-78-72(75)66-63-60-15-12-9-6-3)80-74(77)68-65-62-59-57-55-53-51-49-47-45-43-40-33-31-29-27-25-23-21-19-17-14-11-8-5-2/h8,11,17,19-20,22-23,25-26,28-29,31,71H,4-7,9-10,12-16,18,21,24,27,30,32-70H2,1-3H3/b11-8-,19-17-,22-20-,25-23-,28-26-,31-29-. The Hall–Kier alpha value is -3.15. The summed E-state index contributed by atoms with van der Waals surface area (Å²) in [6.45, 7) is 6.50. The highest BCUT2D eigenvalue weighted by molar-refractivity contribution is 5.71. The van der Waals surface area contributed by atoms with Crippen LogP contribution in [0.4, 0.5) is 0 Å². The van der Waals surface area contributed by atoms with Gasteiger partial charge in [-0.05, 0) is 89.9 Å². The summed E-state index contributed by atoms with van der Waals surface area (Å²) in [6.07, 6.45) is 89.7. The second-order valence-corrected chi connectivity index (χ2v) is 23.4. The number of carbonyl (C=O) groups excluding carboxylic acids is 3. The Bertz CT molecular complexity index is 1470. The third-order valence-corrected chi connectivity index (χ3v) is 15.4. The third-order valence-electron chi connectivity index (χ3n) is 15.4. The van der Waals surface area contributed by atoms with Crippen LogP contribution in [0.15, 0.2) is 72.9 Å². The molecule has 0 N–H and O–H groups in total. The normalized spacial score (nSPS) is 12.5. The van der Waals surface area contributed by atoms with Crippen LogP contribution in [0, 0.1) is 0 Å². The van der Waals surface area contributed by atoms with Crippen LogP contribution < -0.4 is 0 Å². The number of ether oxygens (including phenoxy) is 3. The van der Waals surface area contributed by atoms with Gasteiger partial charge in [0.25, 0.3) is 0 Å².